The smallest absolute Gasteiger partial charge is 0.275 e. The van der Waals surface area contributed by atoms with Crippen molar-refractivity contribution in [3.05, 3.63) is 77.0 Å². The minimum atomic E-state index is -0.188. The van der Waals surface area contributed by atoms with E-state index in [1.165, 1.54) is 0 Å². The number of para-hydroxylation sites is 1. The number of anilines is 2. The average molecular weight is 316 g/mol. The first kappa shape index (κ1) is 14.3. The van der Waals surface area contributed by atoms with Crippen LogP contribution >= 0.6 is 0 Å². The molecule has 4 rings (SSSR count). The van der Waals surface area contributed by atoms with E-state index in [-0.39, 0.29) is 5.91 Å². The number of hydrogen-bond acceptors (Lipinski definition) is 4. The number of nitrogens with zero attached hydrogens (tertiary/aromatic N) is 1. The second kappa shape index (κ2) is 5.70. The summed E-state index contributed by atoms with van der Waals surface area (Å²) >= 11 is 0. The number of nitrogen functional groups attached to an aromatic ring is 1. The van der Waals surface area contributed by atoms with E-state index in [0.717, 1.165) is 28.2 Å². The molecule has 2 heterocycles. The van der Waals surface area contributed by atoms with Gasteiger partial charge < -0.3 is 11.1 Å². The topological polar surface area (TPSA) is 79.5 Å². The highest BCUT2D eigenvalue weighted by Gasteiger charge is 2.27. The Hall–Kier alpha value is -3.34. The Labute approximate surface area is 139 Å². The van der Waals surface area contributed by atoms with E-state index >= 15 is 0 Å². The number of nitrogens with one attached hydrogen (secondary N) is 2. The largest absolute Gasteiger partial charge is 0.399 e. The van der Waals surface area contributed by atoms with Crippen LogP contribution in [0.3, 0.4) is 0 Å². The zero-order valence-electron chi connectivity index (χ0n) is 12.9. The maximum Gasteiger partial charge on any atom is 0.275 e. The van der Waals surface area contributed by atoms with Crippen molar-refractivity contribution >= 4 is 29.1 Å². The van der Waals surface area contributed by atoms with Gasteiger partial charge in [0.15, 0.2) is 0 Å². The summed E-state index contributed by atoms with van der Waals surface area (Å²) in [6, 6.07) is 15.6. The lowest BCUT2D eigenvalue weighted by atomic mass is 9.98. The molecule has 0 atom stereocenters. The molecule has 5 heteroatoms. The molecule has 2 aromatic rings. The van der Waals surface area contributed by atoms with Gasteiger partial charge in [0.25, 0.3) is 5.91 Å². The third-order valence-corrected chi connectivity index (χ3v) is 4.09. The first-order valence-electron chi connectivity index (χ1n) is 7.71. The van der Waals surface area contributed by atoms with Crippen LogP contribution in [0.4, 0.5) is 11.4 Å². The molecule has 0 fully saturated rings. The fraction of sp³-hybridized carbons (Fsp3) is 0.0526. The Bertz CT molecular complexity index is 907. The van der Waals surface area contributed by atoms with E-state index in [1.54, 1.807) is 0 Å². The van der Waals surface area contributed by atoms with E-state index in [4.69, 9.17) is 5.73 Å². The van der Waals surface area contributed by atoms with Crippen molar-refractivity contribution in [1.82, 2.24) is 5.43 Å². The van der Waals surface area contributed by atoms with Gasteiger partial charge in [0.2, 0.25) is 0 Å². The number of carbonyl (C=O) groups is 1. The van der Waals surface area contributed by atoms with E-state index < -0.39 is 0 Å². The maximum absolute atomic E-state index is 12.3. The molecular weight excluding hydrogens is 300 g/mol. The number of carbonyl (C=O) groups excluding carboxylic acids is 1. The van der Waals surface area contributed by atoms with Crippen molar-refractivity contribution in [2.24, 2.45) is 5.10 Å². The van der Waals surface area contributed by atoms with Crippen molar-refractivity contribution in [3.63, 3.8) is 0 Å². The van der Waals surface area contributed by atoms with Crippen molar-refractivity contribution < 1.29 is 4.79 Å². The molecule has 0 saturated carbocycles. The highest BCUT2D eigenvalue weighted by atomic mass is 16.2. The summed E-state index contributed by atoms with van der Waals surface area (Å²) in [5.74, 6) is -0.188. The summed E-state index contributed by atoms with van der Waals surface area (Å²) in [6.45, 7) is 0. The SMILES string of the molecule is Nc1ccc(CC2=NNC(=O)C2=C2C=Cc3ccccc3N2)cc1. The lowest BCUT2D eigenvalue weighted by Gasteiger charge is -2.17. The Balaban J connectivity index is 1.67. The third kappa shape index (κ3) is 2.56. The van der Waals surface area contributed by atoms with Crippen LogP contribution in [0.1, 0.15) is 11.1 Å². The van der Waals surface area contributed by atoms with Crippen LogP contribution in [-0.2, 0) is 11.2 Å². The van der Waals surface area contributed by atoms with Gasteiger partial charge in [-0.05, 0) is 35.4 Å². The molecule has 1 amide bonds. The molecule has 4 N–H and O–H groups in total. The molecule has 118 valence electrons. The number of allylic oxidation sites excluding steroid dienone is 1. The summed E-state index contributed by atoms with van der Waals surface area (Å²) in [6.07, 6.45) is 4.48. The minimum Gasteiger partial charge on any atom is -0.399 e. The van der Waals surface area contributed by atoms with Gasteiger partial charge in [-0.3, -0.25) is 4.79 Å². The second-order valence-electron chi connectivity index (χ2n) is 5.75. The van der Waals surface area contributed by atoms with Crippen LogP contribution in [0.5, 0.6) is 0 Å². The second-order valence-corrected chi connectivity index (χ2v) is 5.75. The van der Waals surface area contributed by atoms with E-state index in [1.807, 2.05) is 60.7 Å². The zero-order chi connectivity index (χ0) is 16.5. The first-order chi connectivity index (χ1) is 11.7. The quantitative estimate of drug-likeness (QED) is 0.589. The van der Waals surface area contributed by atoms with Gasteiger partial charge in [-0.15, -0.1) is 0 Å². The molecule has 0 unspecified atom stereocenters. The standard InChI is InChI=1S/C19H16N4O/c20-14-8-5-12(6-9-14)11-17-18(19(24)23-22-17)16-10-7-13-3-1-2-4-15(13)21-16/h1-10,21H,11,20H2,(H,23,24). The molecule has 0 bridgehead atoms. The molecule has 2 aliphatic heterocycles. The van der Waals surface area contributed by atoms with E-state index in [0.29, 0.717) is 17.7 Å². The Morgan fingerprint density at radius 3 is 2.62 bits per heavy atom. The number of hydrazone groups is 1. The maximum atomic E-state index is 12.3. The minimum absolute atomic E-state index is 0.188. The lowest BCUT2D eigenvalue weighted by Crippen LogP contribution is -2.19. The molecule has 0 aromatic heterocycles. The van der Waals surface area contributed by atoms with E-state index in [2.05, 4.69) is 15.8 Å². The molecule has 0 radical (unpaired) electrons. The van der Waals surface area contributed by atoms with Crippen molar-refractivity contribution in [2.45, 2.75) is 6.42 Å². The molecule has 2 aliphatic rings. The fourth-order valence-corrected chi connectivity index (χ4v) is 2.86. The van der Waals surface area contributed by atoms with Gasteiger partial charge in [0.1, 0.15) is 0 Å². The van der Waals surface area contributed by atoms with Gasteiger partial charge >= 0.3 is 0 Å². The van der Waals surface area contributed by atoms with E-state index in [9.17, 15) is 4.79 Å². The van der Waals surface area contributed by atoms with Crippen molar-refractivity contribution in [2.75, 3.05) is 11.1 Å². The summed E-state index contributed by atoms with van der Waals surface area (Å²) in [7, 11) is 0. The molecular formula is C19H16N4O. The molecule has 24 heavy (non-hydrogen) atoms. The molecule has 0 aliphatic carbocycles. The predicted molar refractivity (Wildman–Crippen MR) is 96.3 cm³/mol. The molecule has 5 nitrogen and oxygen atoms in total. The Kier molecular flexibility index (Phi) is 3.39. The molecule has 0 spiro atoms. The lowest BCUT2D eigenvalue weighted by molar-refractivity contribution is -0.116. The van der Waals surface area contributed by atoms with Crippen LogP contribution in [0.25, 0.3) is 6.08 Å². The zero-order valence-corrected chi connectivity index (χ0v) is 12.9. The number of benzene rings is 2. The molecule has 2 aromatic carbocycles. The van der Waals surface area contributed by atoms with Crippen molar-refractivity contribution in [1.29, 1.82) is 0 Å². The highest BCUT2D eigenvalue weighted by molar-refractivity contribution is 6.26. The first-order valence-corrected chi connectivity index (χ1v) is 7.71. The van der Waals surface area contributed by atoms with Gasteiger partial charge in [-0.2, -0.15) is 5.10 Å². The highest BCUT2D eigenvalue weighted by Crippen LogP contribution is 2.27. The number of rotatable bonds is 2. The summed E-state index contributed by atoms with van der Waals surface area (Å²) in [4.78, 5) is 12.3. The van der Waals surface area contributed by atoms with Crippen LogP contribution < -0.4 is 16.5 Å². The molecule has 0 saturated heterocycles. The van der Waals surface area contributed by atoms with Crippen LogP contribution in [-0.4, -0.2) is 11.6 Å². The predicted octanol–water partition coefficient (Wildman–Crippen LogP) is 2.69. The van der Waals surface area contributed by atoms with Crippen LogP contribution in [0.2, 0.25) is 0 Å². The van der Waals surface area contributed by atoms with Crippen molar-refractivity contribution in [3.8, 4) is 0 Å². The van der Waals surface area contributed by atoms with Crippen LogP contribution in [0, 0.1) is 0 Å². The van der Waals surface area contributed by atoms with Gasteiger partial charge in [-0.1, -0.05) is 36.4 Å². The van der Waals surface area contributed by atoms with Gasteiger partial charge in [0, 0.05) is 17.8 Å². The van der Waals surface area contributed by atoms with Gasteiger partial charge in [0.05, 0.1) is 17.0 Å². The monoisotopic (exact) mass is 316 g/mol. The number of fused-ring (bicyclic) bond motifs is 1. The normalized spacial score (nSPS) is 18.7. The fourth-order valence-electron chi connectivity index (χ4n) is 2.86. The third-order valence-electron chi connectivity index (χ3n) is 4.09. The van der Waals surface area contributed by atoms with Crippen LogP contribution in [0.15, 0.2) is 71.0 Å². The summed E-state index contributed by atoms with van der Waals surface area (Å²) in [5, 5.41) is 7.53. The number of nitrogens with two attached hydrogens (primary N) is 1. The average Bonchev–Trinajstić information content (AvgIpc) is 2.97. The Morgan fingerprint density at radius 1 is 1.00 bits per heavy atom. The number of hydrogen-bond donors (Lipinski definition) is 3. The number of amides is 1. The Morgan fingerprint density at radius 2 is 1.79 bits per heavy atom. The summed E-state index contributed by atoms with van der Waals surface area (Å²) in [5.41, 5.74) is 14.2. The van der Waals surface area contributed by atoms with Gasteiger partial charge in [-0.25, -0.2) is 5.43 Å². The summed E-state index contributed by atoms with van der Waals surface area (Å²) < 4.78 is 0.